The van der Waals surface area contributed by atoms with Crippen LogP contribution in [0.15, 0.2) is 66.7 Å². The standard InChI is InChI=1S/C27H29N3O3/c1-19-16-20(2)18-22(17-19)26(31)28-23-6-8-24(9-7-23)29-12-14-30(15-13-29)27(32)21-4-10-25(33-3)11-5-21/h4-11,16-18H,12-15H2,1-3H3,(H,28,31). The Balaban J connectivity index is 1.33. The number of nitrogens with one attached hydrogen (secondary N) is 1. The van der Waals surface area contributed by atoms with Gasteiger partial charge < -0.3 is 19.9 Å². The second kappa shape index (κ2) is 9.77. The summed E-state index contributed by atoms with van der Waals surface area (Å²) in [5.41, 5.74) is 5.31. The predicted octanol–water partition coefficient (Wildman–Crippen LogP) is 4.53. The number of benzene rings is 3. The molecule has 1 aliphatic rings. The van der Waals surface area contributed by atoms with Crippen LogP contribution in [0.2, 0.25) is 0 Å². The maximum atomic E-state index is 12.8. The first-order chi connectivity index (χ1) is 15.9. The fourth-order valence-corrected chi connectivity index (χ4v) is 4.15. The van der Waals surface area contributed by atoms with Crippen molar-refractivity contribution in [3.8, 4) is 5.75 Å². The Bertz CT molecular complexity index is 1110. The number of amides is 2. The van der Waals surface area contributed by atoms with Crippen LogP contribution in [-0.2, 0) is 0 Å². The lowest BCUT2D eigenvalue weighted by Crippen LogP contribution is -2.48. The summed E-state index contributed by atoms with van der Waals surface area (Å²) in [5.74, 6) is 0.673. The van der Waals surface area contributed by atoms with E-state index in [1.165, 1.54) is 0 Å². The summed E-state index contributed by atoms with van der Waals surface area (Å²) >= 11 is 0. The van der Waals surface area contributed by atoms with Crippen LogP contribution in [0, 0.1) is 13.8 Å². The van der Waals surface area contributed by atoms with Gasteiger partial charge in [-0.1, -0.05) is 17.2 Å². The van der Waals surface area contributed by atoms with Crippen LogP contribution in [0.1, 0.15) is 31.8 Å². The Morgan fingerprint density at radius 2 is 1.39 bits per heavy atom. The second-order valence-corrected chi connectivity index (χ2v) is 8.39. The molecule has 0 spiro atoms. The average Bonchev–Trinajstić information content (AvgIpc) is 2.83. The minimum Gasteiger partial charge on any atom is -0.497 e. The van der Waals surface area contributed by atoms with E-state index in [4.69, 9.17) is 4.74 Å². The molecule has 1 heterocycles. The van der Waals surface area contributed by atoms with E-state index in [1.54, 1.807) is 19.2 Å². The van der Waals surface area contributed by atoms with Crippen LogP contribution >= 0.6 is 0 Å². The highest BCUT2D eigenvalue weighted by atomic mass is 16.5. The molecule has 1 saturated heterocycles. The Morgan fingerprint density at radius 3 is 1.97 bits per heavy atom. The highest BCUT2D eigenvalue weighted by Crippen LogP contribution is 2.21. The molecule has 1 aliphatic heterocycles. The number of carbonyl (C=O) groups excluding carboxylic acids is 2. The van der Waals surface area contributed by atoms with Crippen LogP contribution < -0.4 is 15.0 Å². The lowest BCUT2D eigenvalue weighted by atomic mass is 10.1. The van der Waals surface area contributed by atoms with Gasteiger partial charge in [-0.15, -0.1) is 0 Å². The van der Waals surface area contributed by atoms with Gasteiger partial charge in [0.25, 0.3) is 11.8 Å². The number of hydrogen-bond acceptors (Lipinski definition) is 4. The lowest BCUT2D eigenvalue weighted by molar-refractivity contribution is 0.0746. The summed E-state index contributed by atoms with van der Waals surface area (Å²) in [6.45, 7) is 6.82. The maximum absolute atomic E-state index is 12.8. The summed E-state index contributed by atoms with van der Waals surface area (Å²) < 4.78 is 5.16. The number of aryl methyl sites for hydroxylation is 2. The van der Waals surface area contributed by atoms with Gasteiger partial charge in [0, 0.05) is 48.7 Å². The number of anilines is 2. The maximum Gasteiger partial charge on any atom is 0.255 e. The molecule has 0 saturated carbocycles. The molecule has 0 atom stereocenters. The number of rotatable bonds is 5. The molecule has 0 bridgehead atoms. The molecule has 0 unspecified atom stereocenters. The molecular formula is C27H29N3O3. The number of hydrogen-bond donors (Lipinski definition) is 1. The quantitative estimate of drug-likeness (QED) is 0.630. The van der Waals surface area contributed by atoms with Crippen molar-refractivity contribution in [2.45, 2.75) is 13.8 Å². The molecule has 0 aromatic heterocycles. The fourth-order valence-electron chi connectivity index (χ4n) is 4.15. The van der Waals surface area contributed by atoms with Crippen molar-refractivity contribution in [2.24, 2.45) is 0 Å². The highest BCUT2D eigenvalue weighted by Gasteiger charge is 2.22. The molecule has 1 fully saturated rings. The minimum atomic E-state index is -0.111. The van der Waals surface area contributed by atoms with Crippen LogP contribution in [-0.4, -0.2) is 50.0 Å². The van der Waals surface area contributed by atoms with E-state index in [0.717, 1.165) is 41.3 Å². The van der Waals surface area contributed by atoms with Gasteiger partial charge >= 0.3 is 0 Å². The molecule has 3 aromatic rings. The van der Waals surface area contributed by atoms with Crippen molar-refractivity contribution in [1.82, 2.24) is 4.90 Å². The molecule has 6 nitrogen and oxygen atoms in total. The normalized spacial score (nSPS) is 13.5. The first-order valence-corrected chi connectivity index (χ1v) is 11.1. The average molecular weight is 444 g/mol. The number of ether oxygens (including phenoxy) is 1. The van der Waals surface area contributed by atoms with Gasteiger partial charge in [0.2, 0.25) is 0 Å². The molecule has 170 valence electrons. The van der Waals surface area contributed by atoms with Gasteiger partial charge in [-0.2, -0.15) is 0 Å². The first-order valence-electron chi connectivity index (χ1n) is 11.1. The van der Waals surface area contributed by atoms with Crippen molar-refractivity contribution >= 4 is 23.2 Å². The van der Waals surface area contributed by atoms with Gasteiger partial charge in [0.15, 0.2) is 0 Å². The van der Waals surface area contributed by atoms with Crippen molar-refractivity contribution < 1.29 is 14.3 Å². The van der Waals surface area contributed by atoms with E-state index in [2.05, 4.69) is 16.3 Å². The molecule has 6 heteroatoms. The third kappa shape index (κ3) is 5.34. The number of nitrogens with zero attached hydrogens (tertiary/aromatic N) is 2. The molecule has 0 radical (unpaired) electrons. The zero-order valence-electron chi connectivity index (χ0n) is 19.3. The smallest absolute Gasteiger partial charge is 0.255 e. The Labute approximate surface area is 194 Å². The Hall–Kier alpha value is -3.80. The summed E-state index contributed by atoms with van der Waals surface area (Å²) in [6.07, 6.45) is 0. The van der Waals surface area contributed by atoms with E-state index in [1.807, 2.05) is 67.3 Å². The van der Waals surface area contributed by atoms with Crippen LogP contribution in [0.4, 0.5) is 11.4 Å². The summed E-state index contributed by atoms with van der Waals surface area (Å²) in [7, 11) is 1.61. The lowest BCUT2D eigenvalue weighted by Gasteiger charge is -2.36. The fraction of sp³-hybridized carbons (Fsp3) is 0.259. The van der Waals surface area contributed by atoms with Gasteiger partial charge in [0.1, 0.15) is 5.75 Å². The molecule has 33 heavy (non-hydrogen) atoms. The van der Waals surface area contributed by atoms with Gasteiger partial charge in [-0.3, -0.25) is 9.59 Å². The Morgan fingerprint density at radius 1 is 0.788 bits per heavy atom. The van der Waals surface area contributed by atoms with Gasteiger partial charge in [0.05, 0.1) is 7.11 Å². The van der Waals surface area contributed by atoms with Crippen molar-refractivity contribution in [3.63, 3.8) is 0 Å². The van der Waals surface area contributed by atoms with Gasteiger partial charge in [-0.05, 0) is 74.5 Å². The second-order valence-electron chi connectivity index (χ2n) is 8.39. The van der Waals surface area contributed by atoms with E-state index in [0.29, 0.717) is 24.2 Å². The van der Waals surface area contributed by atoms with Crippen molar-refractivity contribution in [3.05, 3.63) is 89.0 Å². The van der Waals surface area contributed by atoms with E-state index in [9.17, 15) is 9.59 Å². The van der Waals surface area contributed by atoms with Crippen LogP contribution in [0.25, 0.3) is 0 Å². The van der Waals surface area contributed by atoms with Crippen molar-refractivity contribution in [1.29, 1.82) is 0 Å². The number of methoxy groups -OCH3 is 1. The molecule has 0 aliphatic carbocycles. The molecule has 2 amide bonds. The third-order valence-corrected chi connectivity index (χ3v) is 5.88. The SMILES string of the molecule is COc1ccc(C(=O)N2CCN(c3ccc(NC(=O)c4cc(C)cc(C)c4)cc3)CC2)cc1. The number of piperazine rings is 1. The molecule has 3 aromatic carbocycles. The largest absolute Gasteiger partial charge is 0.497 e. The van der Waals surface area contributed by atoms with Crippen LogP contribution in [0.5, 0.6) is 5.75 Å². The molecule has 4 rings (SSSR count). The predicted molar refractivity (Wildman–Crippen MR) is 131 cm³/mol. The highest BCUT2D eigenvalue weighted by molar-refractivity contribution is 6.04. The zero-order valence-corrected chi connectivity index (χ0v) is 19.3. The summed E-state index contributed by atoms with van der Waals surface area (Å²) in [4.78, 5) is 29.5. The van der Waals surface area contributed by atoms with E-state index in [-0.39, 0.29) is 11.8 Å². The summed E-state index contributed by atoms with van der Waals surface area (Å²) in [6, 6.07) is 20.9. The Kier molecular flexibility index (Phi) is 6.63. The van der Waals surface area contributed by atoms with Gasteiger partial charge in [-0.25, -0.2) is 0 Å². The summed E-state index contributed by atoms with van der Waals surface area (Å²) in [5, 5.41) is 2.97. The zero-order chi connectivity index (χ0) is 23.4. The van der Waals surface area contributed by atoms with E-state index >= 15 is 0 Å². The molecular weight excluding hydrogens is 414 g/mol. The number of carbonyl (C=O) groups is 2. The molecule has 1 N–H and O–H groups in total. The monoisotopic (exact) mass is 443 g/mol. The van der Waals surface area contributed by atoms with Crippen molar-refractivity contribution in [2.75, 3.05) is 43.5 Å². The minimum absolute atomic E-state index is 0.0433. The topological polar surface area (TPSA) is 61.9 Å². The van der Waals surface area contributed by atoms with Crippen LogP contribution in [0.3, 0.4) is 0 Å². The first kappa shape index (κ1) is 22.4. The van der Waals surface area contributed by atoms with E-state index < -0.39 is 0 Å². The third-order valence-electron chi connectivity index (χ3n) is 5.88.